The Labute approximate surface area is 384 Å². The van der Waals surface area contributed by atoms with E-state index in [1.165, 1.54) is 0 Å². The van der Waals surface area contributed by atoms with Gasteiger partial charge in [-0.15, -0.1) is 0 Å². The number of Topliss-reactive ketones (excluding diaryl/α,β-unsaturated/α-hetero) is 2. The molecule has 0 saturated heterocycles. The Morgan fingerprint density at radius 1 is 0.371 bits per heavy atom. The van der Waals surface area contributed by atoms with Gasteiger partial charge in [-0.1, -0.05) is 188 Å². The van der Waals surface area contributed by atoms with Crippen molar-refractivity contribution in [2.75, 3.05) is 13.1 Å². The van der Waals surface area contributed by atoms with Gasteiger partial charge in [0.2, 0.25) is 23.6 Å². The third kappa shape index (κ3) is 33.7. The molecule has 0 rings (SSSR count). The van der Waals surface area contributed by atoms with Crippen molar-refractivity contribution >= 4 is 35.2 Å². The summed E-state index contributed by atoms with van der Waals surface area (Å²) in [6, 6.07) is -0.815. The van der Waals surface area contributed by atoms with Crippen LogP contribution in [0.15, 0.2) is 0 Å². The number of carbonyl (C=O) groups is 6. The molecule has 4 amide bonds. The molecule has 0 saturated carbocycles. The van der Waals surface area contributed by atoms with Crippen LogP contribution in [-0.4, -0.2) is 60.4 Å². The molecule has 0 radical (unpaired) electrons. The van der Waals surface area contributed by atoms with Crippen molar-refractivity contribution in [1.29, 1.82) is 0 Å². The molecule has 10 heteroatoms. The molecular formula is C52H104N4O6. The lowest BCUT2D eigenvalue weighted by molar-refractivity contribution is -0.131. The largest absolute Gasteiger partial charge is 0.355 e. The van der Waals surface area contributed by atoms with Gasteiger partial charge in [-0.05, 0) is 50.4 Å². The van der Waals surface area contributed by atoms with E-state index in [9.17, 15) is 28.8 Å². The van der Waals surface area contributed by atoms with Gasteiger partial charge in [0.15, 0.2) is 11.6 Å². The lowest BCUT2D eigenvalue weighted by Gasteiger charge is -2.23. The summed E-state index contributed by atoms with van der Waals surface area (Å²) in [7, 11) is 0. The Morgan fingerprint density at radius 2 is 0.661 bits per heavy atom. The normalized spacial score (nSPS) is 13.8. The van der Waals surface area contributed by atoms with Crippen LogP contribution in [0, 0.1) is 35.5 Å². The van der Waals surface area contributed by atoms with Crippen LogP contribution in [0.4, 0.5) is 0 Å². The molecule has 0 aromatic heterocycles. The molecule has 10 nitrogen and oxygen atoms in total. The first-order chi connectivity index (χ1) is 28.5. The molecular weight excluding hydrogens is 777 g/mol. The first-order valence-electron chi connectivity index (χ1n) is 24.7. The number of carbonyl (C=O) groups excluding carboxylic acids is 6. The van der Waals surface area contributed by atoms with Crippen LogP contribution in [0.5, 0.6) is 0 Å². The van der Waals surface area contributed by atoms with E-state index in [2.05, 4.69) is 62.8 Å². The number of rotatable bonds is 36. The van der Waals surface area contributed by atoms with Gasteiger partial charge in [0.25, 0.3) is 0 Å². The Morgan fingerprint density at radius 3 is 0.919 bits per heavy atom. The second kappa shape index (κ2) is 42.2. The molecule has 0 spiro atoms. The van der Waals surface area contributed by atoms with E-state index in [-0.39, 0.29) is 85.6 Å². The summed E-state index contributed by atoms with van der Waals surface area (Å²) in [6.07, 6.45) is 19.9. The van der Waals surface area contributed by atoms with Crippen LogP contribution in [0.2, 0.25) is 0 Å². The summed E-state index contributed by atoms with van der Waals surface area (Å²) >= 11 is 0. The highest BCUT2D eigenvalue weighted by atomic mass is 16.2. The number of hydrogen-bond acceptors (Lipinski definition) is 6. The molecule has 6 unspecified atom stereocenters. The van der Waals surface area contributed by atoms with Gasteiger partial charge in [-0.2, -0.15) is 0 Å². The fraction of sp³-hybridized carbons (Fsp3) is 0.885. The summed E-state index contributed by atoms with van der Waals surface area (Å²) in [5.41, 5.74) is 0. The Balaban J connectivity index is -0.000000526. The standard InChI is InChI=1S/2C25H48N2O3.2CH4/c2*1-7-10-12-15-21(18-26-24(29)20(6)14-9-3)25(30)27-22(16-13-11-8-2)23(28)17-19(4)5;;/h2*19-22H,7-18H2,1-6H3,(H,26,29)(H,27,30);2*1H4. The fourth-order valence-electron chi connectivity index (χ4n) is 7.35. The summed E-state index contributed by atoms with van der Waals surface area (Å²) < 4.78 is 0. The second-order valence-corrected chi connectivity index (χ2v) is 18.5. The Kier molecular flexibility index (Phi) is 44.8. The lowest BCUT2D eigenvalue weighted by Crippen LogP contribution is -2.47. The molecule has 0 aliphatic heterocycles. The van der Waals surface area contributed by atoms with Crippen molar-refractivity contribution in [2.45, 2.75) is 251 Å². The SMILES string of the molecule is C.C.CCCCCC(CNC(=O)C(C)CCC)C(=O)NC(CCCCC)C(=O)CC(C)C.CCCCCC(CNC(=O)C(C)CCC)C(=O)NC(CCCCC)C(=O)CC(C)C. The molecule has 0 heterocycles. The molecule has 6 atom stereocenters. The van der Waals surface area contributed by atoms with E-state index in [0.29, 0.717) is 38.8 Å². The number of nitrogens with one attached hydrogen (secondary N) is 4. The predicted octanol–water partition coefficient (Wildman–Crippen LogP) is 12.1. The molecule has 368 valence electrons. The maximum absolute atomic E-state index is 13.1. The average Bonchev–Trinajstić information content (AvgIpc) is 3.19. The number of unbranched alkanes of at least 4 members (excludes halogenated alkanes) is 8. The number of hydrogen-bond donors (Lipinski definition) is 4. The molecule has 0 aliphatic carbocycles. The van der Waals surface area contributed by atoms with Gasteiger partial charge in [-0.3, -0.25) is 28.8 Å². The van der Waals surface area contributed by atoms with Gasteiger partial charge in [0.05, 0.1) is 23.9 Å². The zero-order chi connectivity index (χ0) is 45.9. The summed E-state index contributed by atoms with van der Waals surface area (Å²) in [5.74, 6) is 0.0230. The maximum atomic E-state index is 13.1. The topological polar surface area (TPSA) is 151 Å². The van der Waals surface area contributed by atoms with E-state index in [1.54, 1.807) is 0 Å². The van der Waals surface area contributed by atoms with Crippen LogP contribution >= 0.6 is 0 Å². The van der Waals surface area contributed by atoms with Gasteiger partial charge < -0.3 is 21.3 Å². The van der Waals surface area contributed by atoms with E-state index in [4.69, 9.17) is 0 Å². The van der Waals surface area contributed by atoms with E-state index in [0.717, 1.165) is 116 Å². The predicted molar refractivity (Wildman–Crippen MR) is 264 cm³/mol. The van der Waals surface area contributed by atoms with Crippen molar-refractivity contribution < 1.29 is 28.8 Å². The van der Waals surface area contributed by atoms with Crippen LogP contribution in [0.1, 0.15) is 239 Å². The molecule has 0 aromatic carbocycles. The molecule has 0 aromatic rings. The van der Waals surface area contributed by atoms with Gasteiger partial charge >= 0.3 is 0 Å². The third-order valence-corrected chi connectivity index (χ3v) is 11.3. The van der Waals surface area contributed by atoms with Crippen molar-refractivity contribution in [3.63, 3.8) is 0 Å². The van der Waals surface area contributed by atoms with Crippen LogP contribution in [0.3, 0.4) is 0 Å². The number of ketones is 2. The molecule has 4 N–H and O–H groups in total. The smallest absolute Gasteiger partial charge is 0.225 e. The van der Waals surface area contributed by atoms with Crippen molar-refractivity contribution in [2.24, 2.45) is 35.5 Å². The Bertz CT molecular complexity index is 1070. The van der Waals surface area contributed by atoms with Crippen molar-refractivity contribution in [1.82, 2.24) is 21.3 Å². The Hall–Kier alpha value is -2.78. The highest BCUT2D eigenvalue weighted by Crippen LogP contribution is 2.17. The van der Waals surface area contributed by atoms with Crippen LogP contribution < -0.4 is 21.3 Å². The highest BCUT2D eigenvalue weighted by molar-refractivity contribution is 5.91. The number of amides is 4. The van der Waals surface area contributed by atoms with Gasteiger partial charge in [-0.25, -0.2) is 0 Å². The minimum atomic E-state index is -0.408. The fourth-order valence-corrected chi connectivity index (χ4v) is 7.35. The first-order valence-corrected chi connectivity index (χ1v) is 24.7. The van der Waals surface area contributed by atoms with E-state index < -0.39 is 12.1 Å². The third-order valence-electron chi connectivity index (χ3n) is 11.3. The van der Waals surface area contributed by atoms with Crippen molar-refractivity contribution in [3.8, 4) is 0 Å². The van der Waals surface area contributed by atoms with E-state index >= 15 is 0 Å². The zero-order valence-corrected chi connectivity index (χ0v) is 41.0. The second-order valence-electron chi connectivity index (χ2n) is 18.5. The minimum absolute atomic E-state index is 0. The van der Waals surface area contributed by atoms with E-state index in [1.807, 2.05) is 41.5 Å². The summed E-state index contributed by atoms with van der Waals surface area (Å²) in [4.78, 5) is 76.2. The van der Waals surface area contributed by atoms with Crippen LogP contribution in [-0.2, 0) is 28.8 Å². The molecule has 62 heavy (non-hydrogen) atoms. The lowest BCUT2D eigenvalue weighted by atomic mass is 9.95. The first kappa shape index (κ1) is 65.8. The maximum Gasteiger partial charge on any atom is 0.225 e. The van der Waals surface area contributed by atoms with Gasteiger partial charge in [0.1, 0.15) is 0 Å². The quantitative estimate of drug-likeness (QED) is 0.0460. The van der Waals surface area contributed by atoms with Gasteiger partial charge in [0, 0.05) is 37.8 Å². The summed E-state index contributed by atoms with van der Waals surface area (Å²) in [5, 5.41) is 12.0. The molecule has 0 aliphatic rings. The highest BCUT2D eigenvalue weighted by Gasteiger charge is 2.28. The van der Waals surface area contributed by atoms with Crippen LogP contribution in [0.25, 0.3) is 0 Å². The monoisotopic (exact) mass is 881 g/mol. The average molecular weight is 881 g/mol. The zero-order valence-electron chi connectivity index (χ0n) is 41.0. The molecule has 0 fully saturated rings. The summed E-state index contributed by atoms with van der Waals surface area (Å²) in [6.45, 7) is 25.4. The van der Waals surface area contributed by atoms with Crippen molar-refractivity contribution in [3.05, 3.63) is 0 Å². The minimum Gasteiger partial charge on any atom is -0.355 e. The molecule has 0 bridgehead atoms.